The Hall–Kier alpha value is -2.81. The van der Waals surface area contributed by atoms with Gasteiger partial charge in [-0.05, 0) is 41.5 Å². The first-order chi connectivity index (χ1) is 17.6. The van der Waals surface area contributed by atoms with Gasteiger partial charge in [-0.2, -0.15) is 0 Å². The van der Waals surface area contributed by atoms with Gasteiger partial charge in [0.05, 0.1) is 25.4 Å². The summed E-state index contributed by atoms with van der Waals surface area (Å²) < 4.78 is 18.8. The lowest BCUT2D eigenvalue weighted by molar-refractivity contribution is -0.134. The van der Waals surface area contributed by atoms with Crippen LogP contribution in [-0.2, 0) is 27.5 Å². The first kappa shape index (κ1) is 30.4. The quantitative estimate of drug-likeness (QED) is 0.290. The highest BCUT2D eigenvalue weighted by Gasteiger charge is 2.32. The summed E-state index contributed by atoms with van der Waals surface area (Å²) in [5.41, 5.74) is 7.93. The Balaban J connectivity index is 1.94. The number of aliphatic hydroxyl groups is 1. The van der Waals surface area contributed by atoms with Gasteiger partial charge in [-0.3, -0.25) is 9.59 Å². The Labute approximate surface area is 220 Å². The number of amides is 2. The summed E-state index contributed by atoms with van der Waals surface area (Å²) in [7, 11) is 0. The van der Waals surface area contributed by atoms with E-state index in [-0.39, 0.29) is 49.0 Å². The van der Waals surface area contributed by atoms with Gasteiger partial charge in [0.25, 0.3) is 0 Å². The maximum atomic E-state index is 13.3. The second-order valence-corrected chi connectivity index (χ2v) is 10.0. The summed E-state index contributed by atoms with van der Waals surface area (Å²) in [5, 5.41) is 16.5. The number of benzene rings is 2. The van der Waals surface area contributed by atoms with Crippen LogP contribution < -0.4 is 16.4 Å². The predicted molar refractivity (Wildman–Crippen MR) is 143 cm³/mol. The fourth-order valence-corrected chi connectivity index (χ4v) is 3.98. The van der Waals surface area contributed by atoms with E-state index < -0.39 is 24.1 Å². The molecule has 0 saturated carbocycles. The van der Waals surface area contributed by atoms with Crippen LogP contribution in [0, 0.1) is 23.6 Å². The van der Waals surface area contributed by atoms with Crippen molar-refractivity contribution in [1.29, 1.82) is 0 Å². The molecule has 0 aromatic heterocycles. The molecule has 5 unspecified atom stereocenters. The van der Waals surface area contributed by atoms with Crippen LogP contribution >= 0.6 is 0 Å². The number of hydrogen-bond donors (Lipinski definition) is 4. The topological polar surface area (TPSA) is 114 Å². The monoisotopic (exact) mass is 515 g/mol. The number of nitrogens with one attached hydrogen (secondary N) is 2. The van der Waals surface area contributed by atoms with E-state index in [1.165, 1.54) is 12.1 Å². The molecule has 37 heavy (non-hydrogen) atoms. The molecule has 5 N–H and O–H groups in total. The average molecular weight is 516 g/mol. The molecule has 8 heteroatoms. The van der Waals surface area contributed by atoms with Gasteiger partial charge in [-0.25, -0.2) is 4.39 Å². The van der Waals surface area contributed by atoms with Crippen molar-refractivity contribution in [2.45, 2.75) is 71.9 Å². The molecule has 0 spiro atoms. The molecule has 0 saturated heterocycles. The van der Waals surface area contributed by atoms with Crippen LogP contribution in [0.5, 0.6) is 0 Å². The molecule has 2 amide bonds. The van der Waals surface area contributed by atoms with Crippen LogP contribution in [0.1, 0.15) is 51.7 Å². The van der Waals surface area contributed by atoms with E-state index in [2.05, 4.69) is 10.6 Å². The smallest absolute Gasteiger partial charge is 0.243 e. The number of rotatable bonds is 15. The van der Waals surface area contributed by atoms with Crippen molar-refractivity contribution in [2.75, 3.05) is 6.61 Å². The summed E-state index contributed by atoms with van der Waals surface area (Å²) in [6.45, 7) is 8.44. The first-order valence-electron chi connectivity index (χ1n) is 13.0. The van der Waals surface area contributed by atoms with E-state index in [9.17, 15) is 19.1 Å². The minimum atomic E-state index is -0.941. The number of carbonyl (C=O) groups is 2. The van der Waals surface area contributed by atoms with Gasteiger partial charge in [0, 0.05) is 12.5 Å². The predicted octanol–water partition coefficient (Wildman–Crippen LogP) is 3.54. The lowest BCUT2D eigenvalue weighted by Gasteiger charge is -2.29. The molecule has 0 heterocycles. The molecule has 0 aliphatic carbocycles. The molecule has 0 aliphatic rings. The van der Waals surface area contributed by atoms with E-state index in [1.54, 1.807) is 12.1 Å². The number of carbonyl (C=O) groups excluding carboxylic acids is 2. The van der Waals surface area contributed by atoms with Crippen LogP contribution in [0.2, 0.25) is 0 Å². The molecule has 2 rings (SSSR count). The molecule has 0 bridgehead atoms. The zero-order chi connectivity index (χ0) is 27.4. The van der Waals surface area contributed by atoms with Crippen molar-refractivity contribution in [2.24, 2.45) is 23.5 Å². The molecular formula is C29H42FN3O4. The number of ether oxygens (including phenoxy) is 1. The minimum Gasteiger partial charge on any atom is -0.391 e. The zero-order valence-corrected chi connectivity index (χ0v) is 22.3. The Morgan fingerprint density at radius 3 is 2.24 bits per heavy atom. The molecule has 7 nitrogen and oxygen atoms in total. The molecular weight excluding hydrogens is 473 g/mol. The molecule has 2 aromatic carbocycles. The molecule has 5 atom stereocenters. The lowest BCUT2D eigenvalue weighted by Crippen LogP contribution is -2.52. The Kier molecular flexibility index (Phi) is 12.7. The van der Waals surface area contributed by atoms with Gasteiger partial charge < -0.3 is 26.2 Å². The maximum Gasteiger partial charge on any atom is 0.243 e. The van der Waals surface area contributed by atoms with E-state index in [0.29, 0.717) is 13.0 Å². The van der Waals surface area contributed by atoms with E-state index in [4.69, 9.17) is 10.5 Å². The van der Waals surface area contributed by atoms with Crippen molar-refractivity contribution in [3.8, 4) is 0 Å². The summed E-state index contributed by atoms with van der Waals surface area (Å²) in [4.78, 5) is 26.3. The molecule has 0 fully saturated rings. The van der Waals surface area contributed by atoms with Gasteiger partial charge >= 0.3 is 0 Å². The molecule has 2 aromatic rings. The third kappa shape index (κ3) is 10.2. The van der Waals surface area contributed by atoms with Crippen molar-refractivity contribution in [3.63, 3.8) is 0 Å². The first-order valence-corrected chi connectivity index (χ1v) is 13.0. The second kappa shape index (κ2) is 15.4. The van der Waals surface area contributed by atoms with Crippen LogP contribution in [-0.4, -0.2) is 41.7 Å². The fourth-order valence-electron chi connectivity index (χ4n) is 3.98. The normalized spacial score (nSPS) is 15.5. The number of aliphatic hydroxyl groups excluding tert-OH is 1. The second-order valence-electron chi connectivity index (χ2n) is 10.0. The standard InChI is InChI=1S/C29H42FN3O4/c1-5-20(4)27(29(36)32-16-21-11-13-23(30)14-12-21)33-28(35)24(19(2)3)15-26(34)25(31)18-37-17-22-9-7-6-8-10-22/h6-14,19-20,24-27,34H,5,15-18,31H2,1-4H3,(H,32,36)(H,33,35). The van der Waals surface area contributed by atoms with Crippen molar-refractivity contribution in [1.82, 2.24) is 10.6 Å². The maximum absolute atomic E-state index is 13.3. The summed E-state index contributed by atoms with van der Waals surface area (Å²) in [6.07, 6.45) is -0.0969. The number of nitrogens with two attached hydrogens (primary N) is 1. The van der Waals surface area contributed by atoms with Crippen molar-refractivity contribution >= 4 is 11.8 Å². The third-order valence-electron chi connectivity index (χ3n) is 6.73. The highest BCUT2D eigenvalue weighted by atomic mass is 19.1. The van der Waals surface area contributed by atoms with Gasteiger partial charge in [-0.15, -0.1) is 0 Å². The molecule has 0 aliphatic heterocycles. The number of halogens is 1. The van der Waals surface area contributed by atoms with Crippen LogP contribution in [0.25, 0.3) is 0 Å². The van der Waals surface area contributed by atoms with E-state index in [1.807, 2.05) is 58.0 Å². The van der Waals surface area contributed by atoms with Crippen LogP contribution in [0.3, 0.4) is 0 Å². The summed E-state index contributed by atoms with van der Waals surface area (Å²) in [6, 6.07) is 14.2. The van der Waals surface area contributed by atoms with Crippen LogP contribution in [0.15, 0.2) is 54.6 Å². The summed E-state index contributed by atoms with van der Waals surface area (Å²) in [5.74, 6) is -1.67. The summed E-state index contributed by atoms with van der Waals surface area (Å²) >= 11 is 0. The third-order valence-corrected chi connectivity index (χ3v) is 6.73. The minimum absolute atomic E-state index is 0.0769. The number of hydrogen-bond acceptors (Lipinski definition) is 5. The van der Waals surface area contributed by atoms with Gasteiger partial charge in [-0.1, -0.05) is 76.6 Å². The van der Waals surface area contributed by atoms with Crippen LogP contribution in [0.4, 0.5) is 4.39 Å². The van der Waals surface area contributed by atoms with Gasteiger partial charge in [0.1, 0.15) is 11.9 Å². The van der Waals surface area contributed by atoms with Crippen molar-refractivity contribution < 1.29 is 23.8 Å². The molecule has 0 radical (unpaired) electrons. The Morgan fingerprint density at radius 1 is 1.00 bits per heavy atom. The van der Waals surface area contributed by atoms with E-state index in [0.717, 1.165) is 11.1 Å². The van der Waals surface area contributed by atoms with Gasteiger partial charge in [0.2, 0.25) is 11.8 Å². The zero-order valence-electron chi connectivity index (χ0n) is 22.3. The Morgan fingerprint density at radius 2 is 1.65 bits per heavy atom. The van der Waals surface area contributed by atoms with Gasteiger partial charge in [0.15, 0.2) is 0 Å². The Bertz CT molecular complexity index is 955. The average Bonchev–Trinajstić information content (AvgIpc) is 2.89. The lowest BCUT2D eigenvalue weighted by atomic mass is 9.86. The van der Waals surface area contributed by atoms with Crippen molar-refractivity contribution in [3.05, 3.63) is 71.5 Å². The van der Waals surface area contributed by atoms with E-state index >= 15 is 0 Å². The highest BCUT2D eigenvalue weighted by Crippen LogP contribution is 2.20. The highest BCUT2D eigenvalue weighted by molar-refractivity contribution is 5.88. The fraction of sp³-hybridized carbons (Fsp3) is 0.517. The largest absolute Gasteiger partial charge is 0.391 e. The SMILES string of the molecule is CCC(C)C(NC(=O)C(CC(O)C(N)COCc1ccccc1)C(C)C)C(=O)NCc1ccc(F)cc1. The molecule has 204 valence electrons.